The summed E-state index contributed by atoms with van der Waals surface area (Å²) < 4.78 is 1.03. The largest absolute Gasteiger partial charge is 0.393 e. The van der Waals surface area contributed by atoms with Crippen LogP contribution in [0.15, 0.2) is 62.8 Å². The normalized spacial score (nSPS) is 15.6. The highest BCUT2D eigenvalue weighted by molar-refractivity contribution is 9.10. The minimum absolute atomic E-state index is 0.0281. The molecule has 3 rings (SSSR count). The fourth-order valence-electron chi connectivity index (χ4n) is 2.71. The van der Waals surface area contributed by atoms with Crippen LogP contribution in [0, 0.1) is 0 Å². The Kier molecular flexibility index (Phi) is 6.81. The van der Waals surface area contributed by atoms with Crippen LogP contribution in [-0.4, -0.2) is 35.1 Å². The minimum atomic E-state index is -0.281. The lowest BCUT2D eigenvalue weighted by molar-refractivity contribution is -0.127. The van der Waals surface area contributed by atoms with Crippen molar-refractivity contribution in [3.63, 3.8) is 0 Å². The van der Waals surface area contributed by atoms with E-state index < -0.39 is 0 Å². The van der Waals surface area contributed by atoms with Crippen molar-refractivity contribution in [2.24, 2.45) is 0 Å². The van der Waals surface area contributed by atoms with E-state index in [1.54, 1.807) is 28.8 Å². The van der Waals surface area contributed by atoms with Gasteiger partial charge in [0.15, 0.2) is 0 Å². The smallest absolute Gasteiger partial charge is 0.246 e. The molecule has 0 bridgehead atoms. The molecule has 0 spiro atoms. The Morgan fingerprint density at radius 3 is 2.62 bits per heavy atom. The predicted octanol–water partition coefficient (Wildman–Crippen LogP) is 5.25. The number of likely N-dealkylation sites (tertiary alicyclic amines) is 1. The summed E-state index contributed by atoms with van der Waals surface area (Å²) in [6, 6.07) is 13.8. The zero-order chi connectivity index (χ0) is 18.5. The first-order valence-electron chi connectivity index (χ1n) is 8.40. The molecule has 0 aromatic heterocycles. The van der Waals surface area contributed by atoms with E-state index >= 15 is 0 Å². The molecule has 2 aromatic carbocycles. The van der Waals surface area contributed by atoms with Gasteiger partial charge in [0, 0.05) is 33.4 Å². The van der Waals surface area contributed by atoms with Gasteiger partial charge in [-0.3, -0.25) is 4.79 Å². The molecule has 1 N–H and O–H groups in total. The van der Waals surface area contributed by atoms with Gasteiger partial charge in [-0.25, -0.2) is 0 Å². The average molecular weight is 453 g/mol. The first kappa shape index (κ1) is 19.5. The summed E-state index contributed by atoms with van der Waals surface area (Å²) in [4.78, 5) is 16.1. The number of piperidine rings is 1. The maximum atomic E-state index is 12.2. The third-order valence-electron chi connectivity index (χ3n) is 4.21. The molecule has 3 nitrogen and oxygen atoms in total. The second-order valence-corrected chi connectivity index (χ2v) is 8.46. The first-order chi connectivity index (χ1) is 12.5. The number of rotatable bonds is 4. The van der Waals surface area contributed by atoms with Crippen LogP contribution in [0.4, 0.5) is 0 Å². The fourth-order valence-corrected chi connectivity index (χ4v) is 4.38. The van der Waals surface area contributed by atoms with Crippen LogP contribution >= 0.6 is 39.3 Å². The SMILES string of the molecule is O=C(C=Cc1ccc(Sc2ccccc2Br)c(Cl)c1)N1CCC(O)CC1. The summed E-state index contributed by atoms with van der Waals surface area (Å²) in [5, 5.41) is 10.2. The van der Waals surface area contributed by atoms with Crippen LogP contribution in [0.3, 0.4) is 0 Å². The first-order valence-corrected chi connectivity index (χ1v) is 10.4. The molecule has 136 valence electrons. The Bertz CT molecular complexity index is 819. The Labute approximate surface area is 171 Å². The Morgan fingerprint density at radius 2 is 1.92 bits per heavy atom. The molecule has 26 heavy (non-hydrogen) atoms. The number of nitrogens with zero attached hydrogens (tertiary/aromatic N) is 1. The summed E-state index contributed by atoms with van der Waals surface area (Å²) in [5.74, 6) is -0.0281. The van der Waals surface area contributed by atoms with Crippen molar-refractivity contribution in [3.05, 3.63) is 63.6 Å². The molecular formula is C20H19BrClNO2S. The molecule has 2 aromatic rings. The van der Waals surface area contributed by atoms with Gasteiger partial charge in [0.1, 0.15) is 0 Å². The number of amides is 1. The van der Waals surface area contributed by atoms with Gasteiger partial charge < -0.3 is 10.0 Å². The topological polar surface area (TPSA) is 40.5 Å². The number of halogens is 2. The van der Waals surface area contributed by atoms with Gasteiger partial charge in [0.25, 0.3) is 0 Å². The number of carbonyl (C=O) groups excluding carboxylic acids is 1. The summed E-state index contributed by atoms with van der Waals surface area (Å²) in [6.07, 6.45) is 4.37. The van der Waals surface area contributed by atoms with Gasteiger partial charge in [0.05, 0.1) is 11.1 Å². The van der Waals surface area contributed by atoms with E-state index in [-0.39, 0.29) is 12.0 Å². The van der Waals surface area contributed by atoms with Gasteiger partial charge >= 0.3 is 0 Å². The van der Waals surface area contributed by atoms with Gasteiger partial charge in [0.2, 0.25) is 5.91 Å². The lowest BCUT2D eigenvalue weighted by Crippen LogP contribution is -2.39. The number of aliphatic hydroxyl groups excluding tert-OH is 1. The molecule has 1 aliphatic heterocycles. The van der Waals surface area contributed by atoms with E-state index in [1.807, 2.05) is 42.5 Å². The van der Waals surface area contributed by atoms with Crippen molar-refractivity contribution < 1.29 is 9.90 Å². The molecule has 0 atom stereocenters. The van der Waals surface area contributed by atoms with Gasteiger partial charge in [-0.1, -0.05) is 41.6 Å². The Hall–Kier alpha value is -1.27. The van der Waals surface area contributed by atoms with Crippen LogP contribution in [0.2, 0.25) is 5.02 Å². The van der Waals surface area contributed by atoms with E-state index in [9.17, 15) is 9.90 Å². The highest BCUT2D eigenvalue weighted by Crippen LogP contribution is 2.37. The monoisotopic (exact) mass is 451 g/mol. The van der Waals surface area contributed by atoms with Crippen LogP contribution in [0.1, 0.15) is 18.4 Å². The van der Waals surface area contributed by atoms with Crippen molar-refractivity contribution in [1.82, 2.24) is 4.90 Å². The maximum Gasteiger partial charge on any atom is 0.246 e. The molecule has 0 unspecified atom stereocenters. The fraction of sp³-hybridized carbons (Fsp3) is 0.250. The number of hydrogen-bond acceptors (Lipinski definition) is 3. The van der Waals surface area contributed by atoms with Crippen molar-refractivity contribution in [2.45, 2.75) is 28.7 Å². The van der Waals surface area contributed by atoms with Crippen LogP contribution in [0.25, 0.3) is 6.08 Å². The quantitative estimate of drug-likeness (QED) is 0.644. The zero-order valence-electron chi connectivity index (χ0n) is 14.1. The lowest BCUT2D eigenvalue weighted by Gasteiger charge is -2.28. The highest BCUT2D eigenvalue weighted by atomic mass is 79.9. The molecule has 1 amide bonds. The molecule has 0 aliphatic carbocycles. The van der Waals surface area contributed by atoms with Crippen molar-refractivity contribution >= 4 is 51.3 Å². The van der Waals surface area contributed by atoms with Crippen LogP contribution < -0.4 is 0 Å². The molecule has 0 saturated carbocycles. The van der Waals surface area contributed by atoms with Gasteiger partial charge in [-0.15, -0.1) is 0 Å². The van der Waals surface area contributed by atoms with E-state index in [4.69, 9.17) is 11.6 Å². The Morgan fingerprint density at radius 1 is 1.19 bits per heavy atom. The molecule has 0 radical (unpaired) electrons. The number of aliphatic hydroxyl groups is 1. The highest BCUT2D eigenvalue weighted by Gasteiger charge is 2.19. The second kappa shape index (κ2) is 9.09. The van der Waals surface area contributed by atoms with Crippen LogP contribution in [0.5, 0.6) is 0 Å². The van der Waals surface area contributed by atoms with Crippen molar-refractivity contribution in [1.29, 1.82) is 0 Å². The minimum Gasteiger partial charge on any atom is -0.393 e. The number of benzene rings is 2. The third-order valence-corrected chi connectivity index (χ3v) is 6.74. The summed E-state index contributed by atoms with van der Waals surface area (Å²) in [5.41, 5.74) is 0.886. The third kappa shape index (κ3) is 5.13. The summed E-state index contributed by atoms with van der Waals surface area (Å²) in [6.45, 7) is 1.21. The van der Waals surface area contributed by atoms with E-state index in [0.717, 1.165) is 19.8 Å². The van der Waals surface area contributed by atoms with Gasteiger partial charge in [-0.2, -0.15) is 0 Å². The van der Waals surface area contributed by atoms with E-state index in [2.05, 4.69) is 15.9 Å². The molecule has 6 heteroatoms. The molecular weight excluding hydrogens is 434 g/mol. The molecule has 1 aliphatic rings. The molecule has 1 fully saturated rings. The zero-order valence-corrected chi connectivity index (χ0v) is 17.2. The summed E-state index contributed by atoms with van der Waals surface area (Å²) in [7, 11) is 0. The van der Waals surface area contributed by atoms with E-state index in [1.165, 1.54) is 0 Å². The number of hydrogen-bond donors (Lipinski definition) is 1. The average Bonchev–Trinajstić information content (AvgIpc) is 2.64. The van der Waals surface area contributed by atoms with Crippen LogP contribution in [-0.2, 0) is 4.79 Å². The standard InChI is InChI=1S/C20H19BrClNO2S/c21-16-3-1-2-4-18(16)26-19-7-5-14(13-17(19)22)6-8-20(25)23-11-9-15(24)10-12-23/h1-8,13,15,24H,9-12H2. The molecule has 1 saturated heterocycles. The molecule has 1 heterocycles. The van der Waals surface area contributed by atoms with Crippen molar-refractivity contribution in [3.8, 4) is 0 Å². The number of carbonyl (C=O) groups is 1. The second-order valence-electron chi connectivity index (χ2n) is 6.11. The Balaban J connectivity index is 1.65. The van der Waals surface area contributed by atoms with Crippen molar-refractivity contribution in [2.75, 3.05) is 13.1 Å². The van der Waals surface area contributed by atoms with Gasteiger partial charge in [-0.05, 0) is 64.7 Å². The maximum absolute atomic E-state index is 12.2. The lowest BCUT2D eigenvalue weighted by atomic mass is 10.1. The predicted molar refractivity (Wildman–Crippen MR) is 111 cm³/mol. The van der Waals surface area contributed by atoms with E-state index in [0.29, 0.717) is 31.0 Å². The summed E-state index contributed by atoms with van der Waals surface area (Å²) >= 11 is 11.6.